The molecule has 1 amide bonds. The van der Waals surface area contributed by atoms with Crippen molar-refractivity contribution in [2.24, 2.45) is 11.3 Å². The molecule has 1 saturated carbocycles. The fourth-order valence-corrected chi connectivity index (χ4v) is 3.43. The van der Waals surface area contributed by atoms with Gasteiger partial charge in [0.05, 0.1) is 5.54 Å². The normalized spacial score (nSPS) is 33.9. The number of hydrogen-bond donors (Lipinski definition) is 1. The largest absolute Gasteiger partial charge is 0.444 e. The van der Waals surface area contributed by atoms with Crippen LogP contribution in [0.5, 0.6) is 0 Å². The van der Waals surface area contributed by atoms with Crippen molar-refractivity contribution in [2.75, 3.05) is 13.2 Å². The highest BCUT2D eigenvalue weighted by atomic mass is 16.6. The smallest absolute Gasteiger partial charge is 0.410 e. The van der Waals surface area contributed by atoms with E-state index in [-0.39, 0.29) is 23.7 Å². The van der Waals surface area contributed by atoms with E-state index in [4.69, 9.17) is 4.74 Å². The van der Waals surface area contributed by atoms with E-state index in [2.05, 4.69) is 13.8 Å². The van der Waals surface area contributed by atoms with Crippen LogP contribution in [-0.2, 0) is 4.74 Å². The molecule has 4 heteroatoms. The van der Waals surface area contributed by atoms with Gasteiger partial charge in [-0.3, -0.25) is 0 Å². The van der Waals surface area contributed by atoms with E-state index in [1.165, 1.54) is 0 Å². The summed E-state index contributed by atoms with van der Waals surface area (Å²) in [4.78, 5) is 14.0. The van der Waals surface area contributed by atoms with Crippen molar-refractivity contribution in [1.29, 1.82) is 0 Å². The Morgan fingerprint density at radius 1 is 1.44 bits per heavy atom. The molecule has 2 aliphatic rings. The van der Waals surface area contributed by atoms with E-state index in [0.717, 1.165) is 19.4 Å². The molecular formula is C14H25NO3. The van der Waals surface area contributed by atoms with Gasteiger partial charge in [0.25, 0.3) is 0 Å². The number of aliphatic hydroxyl groups excluding tert-OH is 1. The molecule has 0 aromatic rings. The van der Waals surface area contributed by atoms with Crippen LogP contribution in [0.2, 0.25) is 0 Å². The minimum atomic E-state index is -0.446. The molecule has 1 aliphatic heterocycles. The maximum Gasteiger partial charge on any atom is 0.410 e. The average molecular weight is 255 g/mol. The molecule has 0 aromatic carbocycles. The van der Waals surface area contributed by atoms with Gasteiger partial charge in [0.1, 0.15) is 5.60 Å². The molecular weight excluding hydrogens is 230 g/mol. The molecule has 104 valence electrons. The summed E-state index contributed by atoms with van der Waals surface area (Å²) in [5.74, 6) is 0.294. The molecule has 4 nitrogen and oxygen atoms in total. The van der Waals surface area contributed by atoms with Gasteiger partial charge in [-0.2, -0.15) is 0 Å². The highest BCUT2D eigenvalue weighted by molar-refractivity contribution is 5.71. The van der Waals surface area contributed by atoms with Crippen molar-refractivity contribution in [1.82, 2.24) is 4.90 Å². The van der Waals surface area contributed by atoms with Crippen LogP contribution in [0.25, 0.3) is 0 Å². The zero-order valence-corrected chi connectivity index (χ0v) is 12.1. The van der Waals surface area contributed by atoms with E-state index in [1.807, 2.05) is 25.7 Å². The van der Waals surface area contributed by atoms with Crippen LogP contribution in [0.4, 0.5) is 4.79 Å². The Bertz CT molecular complexity index is 359. The number of amides is 1. The number of rotatable bonds is 1. The highest BCUT2D eigenvalue weighted by Gasteiger charge is 2.67. The second-order valence-electron chi connectivity index (χ2n) is 7.22. The molecule has 1 heterocycles. The van der Waals surface area contributed by atoms with Gasteiger partial charge >= 0.3 is 6.09 Å². The second-order valence-corrected chi connectivity index (χ2v) is 7.22. The Balaban J connectivity index is 2.08. The fourth-order valence-electron chi connectivity index (χ4n) is 3.43. The molecule has 1 spiro atoms. The van der Waals surface area contributed by atoms with Crippen molar-refractivity contribution in [2.45, 2.75) is 58.6 Å². The molecule has 0 aromatic heterocycles. The monoisotopic (exact) mass is 255 g/mol. The minimum absolute atomic E-state index is 0.0170. The molecule has 0 bridgehead atoms. The maximum absolute atomic E-state index is 12.2. The molecule has 1 saturated heterocycles. The summed E-state index contributed by atoms with van der Waals surface area (Å²) < 4.78 is 5.46. The lowest BCUT2D eigenvalue weighted by atomic mass is 9.45. The van der Waals surface area contributed by atoms with Crippen LogP contribution in [0.15, 0.2) is 0 Å². The summed E-state index contributed by atoms with van der Waals surface area (Å²) in [5.41, 5.74) is -0.544. The maximum atomic E-state index is 12.2. The standard InChI is InChI=1S/C14H25NO3/c1-12(2,3)18-11(17)15-7-6-14(15)8-10(9-16)13(14,4)5/h10,16H,6-9H2,1-5H3. The van der Waals surface area contributed by atoms with Crippen molar-refractivity contribution in [3.63, 3.8) is 0 Å². The van der Waals surface area contributed by atoms with E-state index in [1.54, 1.807) is 0 Å². The van der Waals surface area contributed by atoms with Crippen LogP contribution in [0, 0.1) is 11.3 Å². The van der Waals surface area contributed by atoms with Crippen LogP contribution >= 0.6 is 0 Å². The molecule has 2 unspecified atom stereocenters. The summed E-state index contributed by atoms with van der Waals surface area (Å²) in [6.45, 7) is 10.9. The summed E-state index contributed by atoms with van der Waals surface area (Å²) in [5, 5.41) is 9.35. The Morgan fingerprint density at radius 2 is 2.06 bits per heavy atom. The third kappa shape index (κ3) is 1.73. The van der Waals surface area contributed by atoms with Gasteiger partial charge in [-0.15, -0.1) is 0 Å². The Kier molecular flexibility index (Phi) is 2.93. The molecule has 2 atom stereocenters. The lowest BCUT2D eigenvalue weighted by molar-refractivity contribution is -0.206. The molecule has 0 radical (unpaired) electrons. The predicted molar refractivity (Wildman–Crippen MR) is 69.3 cm³/mol. The highest BCUT2D eigenvalue weighted by Crippen LogP contribution is 2.62. The number of likely N-dealkylation sites (tertiary alicyclic amines) is 1. The number of ether oxygens (including phenoxy) is 1. The van der Waals surface area contributed by atoms with Crippen LogP contribution in [0.3, 0.4) is 0 Å². The SMILES string of the molecule is CC(C)(C)OC(=O)N1CCC12CC(CO)C2(C)C. The van der Waals surface area contributed by atoms with E-state index < -0.39 is 5.60 Å². The first-order valence-electron chi connectivity index (χ1n) is 6.75. The number of carbonyl (C=O) groups is 1. The first-order chi connectivity index (χ1) is 8.14. The quantitative estimate of drug-likeness (QED) is 0.782. The van der Waals surface area contributed by atoms with Gasteiger partial charge in [-0.05, 0) is 44.9 Å². The van der Waals surface area contributed by atoms with Crippen LogP contribution in [0.1, 0.15) is 47.5 Å². The van der Waals surface area contributed by atoms with Crippen LogP contribution in [-0.4, -0.2) is 40.4 Å². The van der Waals surface area contributed by atoms with Crippen molar-refractivity contribution >= 4 is 6.09 Å². The Labute approximate surface area is 109 Å². The van der Waals surface area contributed by atoms with Gasteiger partial charge in [-0.25, -0.2) is 4.79 Å². The van der Waals surface area contributed by atoms with Crippen molar-refractivity contribution < 1.29 is 14.6 Å². The van der Waals surface area contributed by atoms with Gasteiger partial charge in [0.2, 0.25) is 0 Å². The van der Waals surface area contributed by atoms with Crippen molar-refractivity contribution in [3.8, 4) is 0 Å². The zero-order valence-electron chi connectivity index (χ0n) is 12.1. The van der Waals surface area contributed by atoms with Gasteiger partial charge < -0.3 is 14.7 Å². The summed E-state index contributed by atoms with van der Waals surface area (Å²) in [6, 6.07) is 0. The topological polar surface area (TPSA) is 49.8 Å². The van der Waals surface area contributed by atoms with Gasteiger partial charge in [-0.1, -0.05) is 13.8 Å². The van der Waals surface area contributed by atoms with Crippen LogP contribution < -0.4 is 0 Å². The number of carbonyl (C=O) groups excluding carboxylic acids is 1. The second kappa shape index (κ2) is 3.86. The fraction of sp³-hybridized carbons (Fsp3) is 0.929. The van der Waals surface area contributed by atoms with Gasteiger partial charge in [0, 0.05) is 13.2 Å². The van der Waals surface area contributed by atoms with Crippen molar-refractivity contribution in [3.05, 3.63) is 0 Å². The zero-order chi connectivity index (χ0) is 13.8. The average Bonchev–Trinajstić information content (AvgIpc) is 2.11. The lowest BCUT2D eigenvalue weighted by Gasteiger charge is -2.70. The summed E-state index contributed by atoms with van der Waals surface area (Å²) in [7, 11) is 0. The Morgan fingerprint density at radius 3 is 2.39 bits per heavy atom. The van der Waals surface area contributed by atoms with E-state index >= 15 is 0 Å². The molecule has 18 heavy (non-hydrogen) atoms. The van der Waals surface area contributed by atoms with E-state index in [0.29, 0.717) is 5.92 Å². The molecule has 2 fully saturated rings. The third-order valence-electron chi connectivity index (χ3n) is 4.90. The number of hydrogen-bond acceptors (Lipinski definition) is 3. The summed E-state index contributed by atoms with van der Waals surface area (Å²) >= 11 is 0. The minimum Gasteiger partial charge on any atom is -0.444 e. The molecule has 1 N–H and O–H groups in total. The predicted octanol–water partition coefficient (Wildman–Crippen LogP) is 2.40. The first-order valence-corrected chi connectivity index (χ1v) is 6.75. The number of nitrogens with zero attached hydrogens (tertiary/aromatic N) is 1. The molecule has 2 rings (SSSR count). The molecule has 1 aliphatic carbocycles. The Hall–Kier alpha value is -0.770. The third-order valence-corrected chi connectivity index (χ3v) is 4.90. The van der Waals surface area contributed by atoms with E-state index in [9.17, 15) is 9.90 Å². The lowest BCUT2D eigenvalue weighted by Crippen LogP contribution is -2.77. The number of aliphatic hydroxyl groups is 1. The first kappa shape index (κ1) is 13.7. The van der Waals surface area contributed by atoms with Gasteiger partial charge in [0.15, 0.2) is 0 Å². The summed E-state index contributed by atoms with van der Waals surface area (Å²) in [6.07, 6.45) is 1.71.